The van der Waals surface area contributed by atoms with Gasteiger partial charge >= 0.3 is 0 Å². The molecule has 0 bridgehead atoms. The monoisotopic (exact) mass is 242 g/mol. The maximum absolute atomic E-state index is 2.45. The van der Waals surface area contributed by atoms with Gasteiger partial charge in [0, 0.05) is 0 Å². The summed E-state index contributed by atoms with van der Waals surface area (Å²) >= 11 is 0. The van der Waals surface area contributed by atoms with Gasteiger partial charge in [-0.1, -0.05) is 49.3 Å². The molecule has 0 N–H and O–H groups in total. The van der Waals surface area contributed by atoms with Crippen LogP contribution in [0.2, 0.25) is 0 Å². The molecule has 0 fully saturated rings. The van der Waals surface area contributed by atoms with Gasteiger partial charge in [0.25, 0.3) is 0 Å². The fourth-order valence-electron chi connectivity index (χ4n) is 3.41. The van der Waals surface area contributed by atoms with Crippen LogP contribution in [-0.2, 0) is 0 Å². The first-order valence-corrected chi connectivity index (χ1v) is 7.24. The minimum atomic E-state index is 0.669. The highest BCUT2D eigenvalue weighted by Gasteiger charge is 2.29. The van der Waals surface area contributed by atoms with Crippen molar-refractivity contribution in [2.75, 3.05) is 0 Å². The average Bonchev–Trinajstić information content (AvgIpc) is 2.44. The van der Waals surface area contributed by atoms with E-state index in [9.17, 15) is 0 Å². The normalized spacial score (nSPS) is 28.7. The third-order valence-corrected chi connectivity index (χ3v) is 4.75. The first-order valence-electron chi connectivity index (χ1n) is 7.24. The molecule has 0 spiro atoms. The van der Waals surface area contributed by atoms with Crippen LogP contribution in [0.15, 0.2) is 29.8 Å². The van der Waals surface area contributed by atoms with Crippen LogP contribution in [0.3, 0.4) is 0 Å². The molecule has 1 aliphatic carbocycles. The molecule has 1 aromatic carbocycles. The summed E-state index contributed by atoms with van der Waals surface area (Å²) in [5.41, 5.74) is 6.00. The van der Waals surface area contributed by atoms with E-state index in [1.165, 1.54) is 24.0 Å². The van der Waals surface area contributed by atoms with E-state index in [1.54, 1.807) is 11.1 Å². The predicted octanol–water partition coefficient (Wildman–Crippen LogP) is 5.40. The van der Waals surface area contributed by atoms with Gasteiger partial charge in [-0.05, 0) is 62.5 Å². The molecule has 1 aliphatic rings. The fraction of sp³-hybridized carbons (Fsp3) is 0.556. The SMILES string of the molecule is CC1=CCCC(C)C(c2cc(C)ccc2C)C1C. The predicted molar refractivity (Wildman–Crippen MR) is 80.0 cm³/mol. The second kappa shape index (κ2) is 5.30. The van der Waals surface area contributed by atoms with Crippen LogP contribution in [0, 0.1) is 25.7 Å². The molecule has 2 rings (SSSR count). The van der Waals surface area contributed by atoms with E-state index in [2.05, 4.69) is 58.9 Å². The Morgan fingerprint density at radius 1 is 1.06 bits per heavy atom. The number of rotatable bonds is 1. The lowest BCUT2D eigenvalue weighted by atomic mass is 9.74. The van der Waals surface area contributed by atoms with Crippen molar-refractivity contribution in [2.45, 2.75) is 53.4 Å². The molecule has 1 aromatic rings. The third kappa shape index (κ3) is 2.53. The van der Waals surface area contributed by atoms with Crippen LogP contribution in [-0.4, -0.2) is 0 Å². The molecule has 0 aliphatic heterocycles. The summed E-state index contributed by atoms with van der Waals surface area (Å²) in [6, 6.07) is 6.92. The van der Waals surface area contributed by atoms with Gasteiger partial charge in [-0.2, -0.15) is 0 Å². The molecule has 0 amide bonds. The molecule has 3 atom stereocenters. The molecule has 0 saturated carbocycles. The Morgan fingerprint density at radius 3 is 2.50 bits per heavy atom. The molecular formula is C18H26. The summed E-state index contributed by atoms with van der Waals surface area (Å²) < 4.78 is 0. The van der Waals surface area contributed by atoms with E-state index in [-0.39, 0.29) is 0 Å². The van der Waals surface area contributed by atoms with Crippen molar-refractivity contribution in [1.82, 2.24) is 0 Å². The molecule has 3 unspecified atom stereocenters. The summed E-state index contributed by atoms with van der Waals surface area (Å²) in [4.78, 5) is 0. The van der Waals surface area contributed by atoms with Crippen LogP contribution in [0.25, 0.3) is 0 Å². The maximum atomic E-state index is 2.45. The van der Waals surface area contributed by atoms with E-state index in [1.807, 2.05) is 0 Å². The number of benzene rings is 1. The average molecular weight is 242 g/mol. The van der Waals surface area contributed by atoms with Gasteiger partial charge in [-0.25, -0.2) is 0 Å². The van der Waals surface area contributed by atoms with E-state index in [0.717, 1.165) is 5.92 Å². The molecule has 98 valence electrons. The van der Waals surface area contributed by atoms with E-state index < -0.39 is 0 Å². The molecule has 0 heterocycles. The lowest BCUT2D eigenvalue weighted by molar-refractivity contribution is 0.371. The Bertz CT molecular complexity index is 453. The van der Waals surface area contributed by atoms with Gasteiger partial charge in [0.2, 0.25) is 0 Å². The van der Waals surface area contributed by atoms with E-state index in [0.29, 0.717) is 11.8 Å². The lowest BCUT2D eigenvalue weighted by Gasteiger charge is -2.30. The zero-order valence-corrected chi connectivity index (χ0v) is 12.5. The van der Waals surface area contributed by atoms with Gasteiger partial charge in [-0.15, -0.1) is 0 Å². The van der Waals surface area contributed by atoms with Crippen molar-refractivity contribution in [3.8, 4) is 0 Å². The quantitative estimate of drug-likeness (QED) is 0.578. The second-order valence-electron chi connectivity index (χ2n) is 6.18. The van der Waals surface area contributed by atoms with Gasteiger partial charge in [-0.3, -0.25) is 0 Å². The van der Waals surface area contributed by atoms with Crippen molar-refractivity contribution >= 4 is 0 Å². The summed E-state index contributed by atoms with van der Waals surface area (Å²) in [7, 11) is 0. The Kier molecular flexibility index (Phi) is 3.94. The standard InChI is InChI=1S/C18H26/c1-12-9-10-14(3)17(11-12)18-15(4)8-6-7-13(2)16(18)5/h7,9-11,15-16,18H,6,8H2,1-5H3. The number of hydrogen-bond donors (Lipinski definition) is 0. The Balaban J connectivity index is 2.45. The molecule has 0 aromatic heterocycles. The number of hydrogen-bond acceptors (Lipinski definition) is 0. The zero-order valence-electron chi connectivity index (χ0n) is 12.5. The first-order chi connectivity index (χ1) is 8.50. The molecule has 0 heteroatoms. The summed E-state index contributed by atoms with van der Waals surface area (Å²) in [6.45, 7) is 11.6. The third-order valence-electron chi connectivity index (χ3n) is 4.75. The molecule has 18 heavy (non-hydrogen) atoms. The minimum absolute atomic E-state index is 0.669. The van der Waals surface area contributed by atoms with Crippen molar-refractivity contribution in [2.24, 2.45) is 11.8 Å². The molecule has 0 nitrogen and oxygen atoms in total. The van der Waals surface area contributed by atoms with Gasteiger partial charge in [0.05, 0.1) is 0 Å². The molecule has 0 radical (unpaired) electrons. The van der Waals surface area contributed by atoms with Crippen LogP contribution in [0.1, 0.15) is 56.2 Å². The highest BCUT2D eigenvalue weighted by atomic mass is 14.3. The lowest BCUT2D eigenvalue weighted by Crippen LogP contribution is -2.18. The largest absolute Gasteiger partial charge is 0.0853 e. The van der Waals surface area contributed by atoms with Crippen molar-refractivity contribution < 1.29 is 0 Å². The van der Waals surface area contributed by atoms with E-state index >= 15 is 0 Å². The summed E-state index contributed by atoms with van der Waals surface area (Å²) in [6.07, 6.45) is 5.02. The van der Waals surface area contributed by atoms with Crippen LogP contribution in [0.4, 0.5) is 0 Å². The molecule has 0 saturated heterocycles. The van der Waals surface area contributed by atoms with E-state index in [4.69, 9.17) is 0 Å². The van der Waals surface area contributed by atoms with Gasteiger partial charge in [0.15, 0.2) is 0 Å². The van der Waals surface area contributed by atoms with Gasteiger partial charge < -0.3 is 0 Å². The summed E-state index contributed by atoms with van der Waals surface area (Å²) in [5, 5.41) is 0. The Morgan fingerprint density at radius 2 is 1.78 bits per heavy atom. The topological polar surface area (TPSA) is 0 Å². The van der Waals surface area contributed by atoms with Crippen molar-refractivity contribution in [3.05, 3.63) is 46.5 Å². The maximum Gasteiger partial charge on any atom is -0.00706 e. The fourth-order valence-corrected chi connectivity index (χ4v) is 3.41. The van der Waals surface area contributed by atoms with Crippen LogP contribution < -0.4 is 0 Å². The van der Waals surface area contributed by atoms with Crippen LogP contribution in [0.5, 0.6) is 0 Å². The summed E-state index contributed by atoms with van der Waals surface area (Å²) in [5.74, 6) is 2.13. The zero-order chi connectivity index (χ0) is 13.3. The highest BCUT2D eigenvalue weighted by molar-refractivity contribution is 5.35. The van der Waals surface area contributed by atoms with Crippen molar-refractivity contribution in [1.29, 1.82) is 0 Å². The van der Waals surface area contributed by atoms with Crippen molar-refractivity contribution in [3.63, 3.8) is 0 Å². The number of allylic oxidation sites excluding steroid dienone is 2. The number of aryl methyl sites for hydroxylation is 2. The smallest absolute Gasteiger partial charge is 0.00706 e. The van der Waals surface area contributed by atoms with Gasteiger partial charge in [0.1, 0.15) is 0 Å². The second-order valence-corrected chi connectivity index (χ2v) is 6.18. The Hall–Kier alpha value is -1.04. The minimum Gasteiger partial charge on any atom is -0.0853 e. The first kappa shape index (κ1) is 13.4. The Labute approximate surface area is 112 Å². The molecular weight excluding hydrogens is 216 g/mol. The highest BCUT2D eigenvalue weighted by Crippen LogP contribution is 2.41. The van der Waals surface area contributed by atoms with Crippen LogP contribution >= 0.6 is 0 Å².